The number of sulfonamides is 1. The van der Waals surface area contributed by atoms with Gasteiger partial charge in [0.2, 0.25) is 10.0 Å². The molecule has 0 aliphatic heterocycles. The first kappa shape index (κ1) is 26.4. The highest BCUT2D eigenvalue weighted by atomic mass is 79.9. The quantitative estimate of drug-likeness (QED) is 0.192. The van der Waals surface area contributed by atoms with Crippen molar-refractivity contribution in [3.63, 3.8) is 0 Å². The van der Waals surface area contributed by atoms with Crippen LogP contribution in [0.3, 0.4) is 0 Å². The lowest BCUT2D eigenvalue weighted by atomic mass is 10.00. The summed E-state index contributed by atoms with van der Waals surface area (Å²) in [6.45, 7) is 0.651. The molecule has 0 atom stereocenters. The second-order valence-electron chi connectivity index (χ2n) is 8.89. The summed E-state index contributed by atoms with van der Waals surface area (Å²) in [5.74, 6) is 0.206. The Hall–Kier alpha value is -4.23. The summed E-state index contributed by atoms with van der Waals surface area (Å²) in [5.41, 5.74) is 4.58. The third-order valence-corrected chi connectivity index (χ3v) is 8.32. The van der Waals surface area contributed by atoms with E-state index in [0.717, 1.165) is 43.2 Å². The zero-order valence-corrected chi connectivity index (χ0v) is 23.0. The Kier molecular flexibility index (Phi) is 7.61. The SMILES string of the molecule is N#Cc1cccc(S(=O)(=O)NCc2ccc(CNc3cc(-c4ccccc4O)cc4c(Br)cncc34)cc2)c1. The van der Waals surface area contributed by atoms with Crippen molar-refractivity contribution in [1.29, 1.82) is 5.26 Å². The van der Waals surface area contributed by atoms with Crippen molar-refractivity contribution < 1.29 is 13.5 Å². The number of benzene rings is 4. The molecular formula is C30H23BrN4O3S. The van der Waals surface area contributed by atoms with Crippen molar-refractivity contribution in [3.8, 4) is 22.9 Å². The maximum atomic E-state index is 12.6. The van der Waals surface area contributed by atoms with Gasteiger partial charge in [-0.3, -0.25) is 4.98 Å². The largest absolute Gasteiger partial charge is 0.507 e. The molecule has 0 saturated carbocycles. The van der Waals surface area contributed by atoms with Crippen LogP contribution in [0, 0.1) is 11.3 Å². The lowest BCUT2D eigenvalue weighted by molar-refractivity contribution is 0.477. The number of phenols is 1. The molecule has 39 heavy (non-hydrogen) atoms. The van der Waals surface area contributed by atoms with E-state index >= 15 is 0 Å². The third kappa shape index (κ3) is 5.94. The molecule has 0 spiro atoms. The number of phenolic OH excluding ortho intramolecular Hbond substituents is 1. The Morgan fingerprint density at radius 1 is 0.872 bits per heavy atom. The van der Waals surface area contributed by atoms with Crippen molar-refractivity contribution in [2.75, 3.05) is 5.32 Å². The number of rotatable bonds is 8. The highest BCUT2D eigenvalue weighted by Crippen LogP contribution is 2.37. The highest BCUT2D eigenvalue weighted by molar-refractivity contribution is 9.10. The Bertz CT molecular complexity index is 1820. The van der Waals surface area contributed by atoms with Crippen LogP contribution in [-0.4, -0.2) is 18.5 Å². The van der Waals surface area contributed by atoms with E-state index in [2.05, 4.69) is 31.0 Å². The maximum absolute atomic E-state index is 12.6. The van der Waals surface area contributed by atoms with E-state index in [4.69, 9.17) is 5.26 Å². The van der Waals surface area contributed by atoms with Gasteiger partial charge in [-0.25, -0.2) is 13.1 Å². The number of pyridine rings is 1. The molecule has 5 rings (SSSR count). The van der Waals surface area contributed by atoms with E-state index < -0.39 is 10.0 Å². The van der Waals surface area contributed by atoms with Crippen molar-refractivity contribution >= 4 is 42.4 Å². The third-order valence-electron chi connectivity index (χ3n) is 6.29. The molecule has 1 aromatic heterocycles. The average molecular weight is 600 g/mol. The lowest BCUT2D eigenvalue weighted by Gasteiger charge is -2.14. The fraction of sp³-hybridized carbons (Fsp3) is 0.0667. The van der Waals surface area contributed by atoms with Crippen molar-refractivity contribution in [2.24, 2.45) is 0 Å². The number of para-hydroxylation sites is 1. The Morgan fingerprint density at radius 2 is 1.62 bits per heavy atom. The zero-order valence-electron chi connectivity index (χ0n) is 20.6. The van der Waals surface area contributed by atoms with E-state index in [0.29, 0.717) is 6.54 Å². The average Bonchev–Trinajstić information content (AvgIpc) is 2.96. The van der Waals surface area contributed by atoms with Crippen LogP contribution in [-0.2, 0) is 23.1 Å². The number of nitrogens with zero attached hydrogens (tertiary/aromatic N) is 2. The smallest absolute Gasteiger partial charge is 0.240 e. The Balaban J connectivity index is 1.32. The highest BCUT2D eigenvalue weighted by Gasteiger charge is 2.15. The van der Waals surface area contributed by atoms with E-state index in [9.17, 15) is 13.5 Å². The van der Waals surface area contributed by atoms with Crippen LogP contribution in [0.5, 0.6) is 5.75 Å². The standard InChI is InChI=1S/C30H23BrN4O3S/c31-28-19-33-18-27-26(28)13-23(25-6-1-2-7-30(25)36)14-29(27)34-16-20-8-10-21(11-9-20)17-35-39(37,38)24-5-3-4-22(12-24)15-32/h1-14,18-19,34-36H,16-17H2. The number of hydrogen-bond acceptors (Lipinski definition) is 6. The summed E-state index contributed by atoms with van der Waals surface area (Å²) < 4.78 is 28.7. The molecule has 0 saturated heterocycles. The topological polar surface area (TPSA) is 115 Å². The molecule has 0 fully saturated rings. The van der Waals surface area contributed by atoms with Crippen molar-refractivity contribution in [2.45, 2.75) is 18.0 Å². The molecule has 5 aromatic rings. The number of anilines is 1. The van der Waals surface area contributed by atoms with Gasteiger partial charge in [-0.05, 0) is 69.0 Å². The van der Waals surface area contributed by atoms with Gasteiger partial charge in [0.15, 0.2) is 0 Å². The van der Waals surface area contributed by atoms with Gasteiger partial charge < -0.3 is 10.4 Å². The fourth-order valence-electron chi connectivity index (χ4n) is 4.22. The summed E-state index contributed by atoms with van der Waals surface area (Å²) in [7, 11) is -3.74. The number of fused-ring (bicyclic) bond motifs is 1. The van der Waals surface area contributed by atoms with Crippen LogP contribution in [0.15, 0.2) is 107 Å². The van der Waals surface area contributed by atoms with Crippen LogP contribution in [0.25, 0.3) is 21.9 Å². The van der Waals surface area contributed by atoms with E-state index in [1.165, 1.54) is 12.1 Å². The molecule has 0 radical (unpaired) electrons. The summed E-state index contributed by atoms with van der Waals surface area (Å²) in [4.78, 5) is 4.38. The van der Waals surface area contributed by atoms with Gasteiger partial charge in [0.05, 0.1) is 16.5 Å². The number of hydrogen-bond donors (Lipinski definition) is 3. The van der Waals surface area contributed by atoms with Gasteiger partial charge >= 0.3 is 0 Å². The van der Waals surface area contributed by atoms with E-state index in [1.807, 2.05) is 54.6 Å². The van der Waals surface area contributed by atoms with Crippen LogP contribution in [0.2, 0.25) is 0 Å². The Labute approximate surface area is 235 Å². The minimum absolute atomic E-state index is 0.0572. The van der Waals surface area contributed by atoms with Gasteiger partial charge in [-0.1, -0.05) is 48.5 Å². The second-order valence-corrected chi connectivity index (χ2v) is 11.5. The van der Waals surface area contributed by atoms with E-state index in [1.54, 1.807) is 36.7 Å². The van der Waals surface area contributed by atoms with Gasteiger partial charge in [-0.15, -0.1) is 0 Å². The van der Waals surface area contributed by atoms with Gasteiger partial charge in [0.1, 0.15) is 5.75 Å². The number of aromatic hydroxyl groups is 1. The number of aromatic nitrogens is 1. The molecule has 0 bridgehead atoms. The predicted octanol–water partition coefficient (Wildman–Crippen LogP) is 6.33. The van der Waals surface area contributed by atoms with Crippen molar-refractivity contribution in [3.05, 3.63) is 118 Å². The normalized spacial score (nSPS) is 11.3. The Morgan fingerprint density at radius 3 is 2.36 bits per heavy atom. The molecule has 0 aliphatic rings. The summed E-state index contributed by atoms with van der Waals surface area (Å²) >= 11 is 3.60. The molecule has 4 aromatic carbocycles. The predicted molar refractivity (Wildman–Crippen MR) is 155 cm³/mol. The van der Waals surface area contributed by atoms with Crippen LogP contribution >= 0.6 is 15.9 Å². The molecule has 9 heteroatoms. The summed E-state index contributed by atoms with van der Waals surface area (Å²) in [6.07, 6.45) is 3.55. The molecule has 1 heterocycles. The first-order valence-electron chi connectivity index (χ1n) is 12.0. The first-order valence-corrected chi connectivity index (χ1v) is 14.3. The second kappa shape index (κ2) is 11.3. The molecule has 194 valence electrons. The minimum Gasteiger partial charge on any atom is -0.507 e. The molecule has 7 nitrogen and oxygen atoms in total. The van der Waals surface area contributed by atoms with Gasteiger partial charge in [0.25, 0.3) is 0 Å². The fourth-order valence-corrected chi connectivity index (χ4v) is 5.73. The van der Waals surface area contributed by atoms with Crippen LogP contribution in [0.1, 0.15) is 16.7 Å². The molecule has 0 unspecified atom stereocenters. The van der Waals surface area contributed by atoms with Gasteiger partial charge in [-0.2, -0.15) is 5.26 Å². The number of nitriles is 1. The molecule has 0 amide bonds. The molecule has 0 aliphatic carbocycles. The minimum atomic E-state index is -3.74. The monoisotopic (exact) mass is 598 g/mol. The summed E-state index contributed by atoms with van der Waals surface area (Å²) in [6, 6.07) is 26.7. The van der Waals surface area contributed by atoms with Crippen LogP contribution in [0.4, 0.5) is 5.69 Å². The van der Waals surface area contributed by atoms with E-state index in [-0.39, 0.29) is 22.8 Å². The van der Waals surface area contributed by atoms with Crippen molar-refractivity contribution in [1.82, 2.24) is 9.71 Å². The zero-order chi connectivity index (χ0) is 27.4. The maximum Gasteiger partial charge on any atom is 0.240 e. The van der Waals surface area contributed by atoms with Gasteiger partial charge in [0, 0.05) is 52.0 Å². The molecule has 3 N–H and O–H groups in total. The first-order chi connectivity index (χ1) is 18.8. The number of nitrogens with one attached hydrogen (secondary N) is 2. The van der Waals surface area contributed by atoms with Crippen LogP contribution < -0.4 is 10.0 Å². The molecular weight excluding hydrogens is 576 g/mol. The number of halogens is 1. The lowest BCUT2D eigenvalue weighted by Crippen LogP contribution is -2.23. The summed E-state index contributed by atoms with van der Waals surface area (Å²) in [5, 5.41) is 24.8.